The Balaban J connectivity index is 2.04. The molecule has 0 aliphatic heterocycles. The quantitative estimate of drug-likeness (QED) is 0.751. The summed E-state index contributed by atoms with van der Waals surface area (Å²) in [6.07, 6.45) is 0. The van der Waals surface area contributed by atoms with Crippen LogP contribution < -0.4 is 4.74 Å². The van der Waals surface area contributed by atoms with Crippen molar-refractivity contribution in [3.05, 3.63) is 60.2 Å². The van der Waals surface area contributed by atoms with Gasteiger partial charge in [0.05, 0.1) is 5.92 Å². The normalized spacial score (nSPS) is 12.5. The first-order valence-electron chi connectivity index (χ1n) is 7.41. The van der Waals surface area contributed by atoms with E-state index in [-0.39, 0.29) is 11.9 Å². The highest BCUT2D eigenvalue weighted by Gasteiger charge is 2.22. The molecule has 0 aliphatic carbocycles. The lowest BCUT2D eigenvalue weighted by molar-refractivity contribution is -0.156. The summed E-state index contributed by atoms with van der Waals surface area (Å²) in [6, 6.07) is 17.1. The third kappa shape index (κ3) is 4.62. The molecule has 0 N–H and O–H groups in total. The lowest BCUT2D eigenvalue weighted by Gasteiger charge is -2.22. The summed E-state index contributed by atoms with van der Waals surface area (Å²) >= 11 is 0. The van der Waals surface area contributed by atoms with Gasteiger partial charge in [-0.2, -0.15) is 0 Å². The van der Waals surface area contributed by atoms with Gasteiger partial charge in [-0.15, -0.1) is 0 Å². The van der Waals surface area contributed by atoms with Gasteiger partial charge in [-0.3, -0.25) is 4.79 Å². The van der Waals surface area contributed by atoms with Crippen LogP contribution >= 0.6 is 0 Å². The SMILES string of the molecule is CC(C(=O)OC(C)(C)C)c1ccc(Oc2ccccc2)cc1. The van der Waals surface area contributed by atoms with E-state index in [0.29, 0.717) is 0 Å². The summed E-state index contributed by atoms with van der Waals surface area (Å²) in [4.78, 5) is 12.1. The zero-order valence-electron chi connectivity index (χ0n) is 13.5. The van der Waals surface area contributed by atoms with Gasteiger partial charge in [0, 0.05) is 0 Å². The number of carbonyl (C=O) groups excluding carboxylic acids is 1. The number of hydrogen-bond donors (Lipinski definition) is 0. The number of rotatable bonds is 4. The van der Waals surface area contributed by atoms with Crippen LogP contribution in [0.1, 0.15) is 39.2 Å². The first-order valence-corrected chi connectivity index (χ1v) is 7.41. The summed E-state index contributed by atoms with van der Waals surface area (Å²) in [5.41, 5.74) is 0.441. The van der Waals surface area contributed by atoms with Crippen LogP contribution in [0.2, 0.25) is 0 Å². The van der Waals surface area contributed by atoms with Crippen molar-refractivity contribution in [3.63, 3.8) is 0 Å². The van der Waals surface area contributed by atoms with Crippen LogP contribution in [-0.2, 0) is 9.53 Å². The Labute approximate surface area is 131 Å². The Kier molecular flexibility index (Phi) is 4.86. The average molecular weight is 298 g/mol. The largest absolute Gasteiger partial charge is 0.460 e. The van der Waals surface area contributed by atoms with Crippen molar-refractivity contribution in [3.8, 4) is 11.5 Å². The lowest BCUT2D eigenvalue weighted by Crippen LogP contribution is -2.26. The van der Waals surface area contributed by atoms with Crippen LogP contribution in [0.15, 0.2) is 54.6 Å². The monoisotopic (exact) mass is 298 g/mol. The molecule has 0 heterocycles. The molecule has 0 radical (unpaired) electrons. The zero-order chi connectivity index (χ0) is 16.2. The van der Waals surface area contributed by atoms with Gasteiger partial charge >= 0.3 is 5.97 Å². The molecule has 0 aliphatic rings. The van der Waals surface area contributed by atoms with Crippen molar-refractivity contribution >= 4 is 5.97 Å². The number of para-hydroxylation sites is 1. The van der Waals surface area contributed by atoms with Crippen molar-refractivity contribution in [1.82, 2.24) is 0 Å². The molecule has 0 fully saturated rings. The van der Waals surface area contributed by atoms with Gasteiger partial charge in [0.25, 0.3) is 0 Å². The summed E-state index contributed by atoms with van der Waals surface area (Å²) in [7, 11) is 0. The molecule has 1 unspecified atom stereocenters. The summed E-state index contributed by atoms with van der Waals surface area (Å²) in [6.45, 7) is 7.46. The van der Waals surface area contributed by atoms with Gasteiger partial charge < -0.3 is 9.47 Å². The van der Waals surface area contributed by atoms with E-state index >= 15 is 0 Å². The maximum atomic E-state index is 12.1. The van der Waals surface area contributed by atoms with Gasteiger partial charge in [-0.1, -0.05) is 30.3 Å². The van der Waals surface area contributed by atoms with Crippen LogP contribution in [0.3, 0.4) is 0 Å². The van der Waals surface area contributed by atoms with Crippen LogP contribution in [-0.4, -0.2) is 11.6 Å². The molecule has 1 atom stereocenters. The standard InChI is InChI=1S/C19H22O3/c1-14(18(20)22-19(2,3)4)15-10-12-17(13-11-15)21-16-8-6-5-7-9-16/h5-14H,1-4H3. The molecule has 2 rings (SSSR count). The first kappa shape index (κ1) is 16.1. The van der Waals surface area contributed by atoms with Crippen molar-refractivity contribution in [2.75, 3.05) is 0 Å². The second-order valence-corrected chi connectivity index (χ2v) is 6.24. The highest BCUT2D eigenvalue weighted by atomic mass is 16.6. The van der Waals surface area contributed by atoms with Gasteiger partial charge in [-0.05, 0) is 57.5 Å². The molecule has 0 spiro atoms. The van der Waals surface area contributed by atoms with Gasteiger partial charge in [0.1, 0.15) is 17.1 Å². The molecular weight excluding hydrogens is 276 g/mol. The van der Waals surface area contributed by atoms with Crippen molar-refractivity contribution in [2.45, 2.75) is 39.2 Å². The Morgan fingerprint density at radius 3 is 2.00 bits per heavy atom. The van der Waals surface area contributed by atoms with E-state index in [9.17, 15) is 4.79 Å². The summed E-state index contributed by atoms with van der Waals surface area (Å²) in [5.74, 6) is 1.01. The summed E-state index contributed by atoms with van der Waals surface area (Å²) < 4.78 is 11.1. The zero-order valence-corrected chi connectivity index (χ0v) is 13.5. The predicted octanol–water partition coefficient (Wildman–Crippen LogP) is 4.92. The minimum absolute atomic E-state index is 0.218. The van der Waals surface area contributed by atoms with Crippen molar-refractivity contribution in [2.24, 2.45) is 0 Å². The van der Waals surface area contributed by atoms with Gasteiger partial charge in [0.2, 0.25) is 0 Å². The number of ether oxygens (including phenoxy) is 2. The molecule has 3 heteroatoms. The molecule has 3 nitrogen and oxygen atoms in total. The topological polar surface area (TPSA) is 35.5 Å². The van der Waals surface area contributed by atoms with E-state index in [4.69, 9.17) is 9.47 Å². The van der Waals surface area contributed by atoms with Crippen LogP contribution in [0.5, 0.6) is 11.5 Å². The lowest BCUT2D eigenvalue weighted by atomic mass is 10.0. The Morgan fingerprint density at radius 1 is 0.909 bits per heavy atom. The number of benzene rings is 2. The van der Waals surface area contributed by atoms with Crippen molar-refractivity contribution in [1.29, 1.82) is 0 Å². The minimum atomic E-state index is -0.471. The molecular formula is C19H22O3. The smallest absolute Gasteiger partial charge is 0.313 e. The molecule has 0 amide bonds. The molecule has 116 valence electrons. The van der Waals surface area contributed by atoms with Gasteiger partial charge in [0.15, 0.2) is 0 Å². The van der Waals surface area contributed by atoms with Crippen LogP contribution in [0.25, 0.3) is 0 Å². The molecule has 0 saturated carbocycles. The fourth-order valence-corrected chi connectivity index (χ4v) is 1.98. The molecule has 0 bridgehead atoms. The third-order valence-electron chi connectivity index (χ3n) is 3.12. The van der Waals surface area contributed by atoms with E-state index in [2.05, 4.69) is 0 Å². The van der Waals surface area contributed by atoms with Crippen molar-refractivity contribution < 1.29 is 14.3 Å². The van der Waals surface area contributed by atoms with Crippen LogP contribution in [0.4, 0.5) is 0 Å². The molecule has 2 aromatic rings. The molecule has 0 aromatic heterocycles. The molecule has 22 heavy (non-hydrogen) atoms. The highest BCUT2D eigenvalue weighted by Crippen LogP contribution is 2.25. The Hall–Kier alpha value is -2.29. The molecule has 2 aromatic carbocycles. The fraction of sp³-hybridized carbons (Fsp3) is 0.316. The first-order chi connectivity index (χ1) is 10.3. The number of carbonyl (C=O) groups is 1. The van der Waals surface area contributed by atoms with E-state index in [1.807, 2.05) is 82.3 Å². The third-order valence-corrected chi connectivity index (χ3v) is 3.12. The van der Waals surface area contributed by atoms with E-state index in [0.717, 1.165) is 17.1 Å². The van der Waals surface area contributed by atoms with E-state index in [1.165, 1.54) is 0 Å². The second-order valence-electron chi connectivity index (χ2n) is 6.24. The minimum Gasteiger partial charge on any atom is -0.460 e. The highest BCUT2D eigenvalue weighted by molar-refractivity contribution is 5.78. The maximum absolute atomic E-state index is 12.1. The number of esters is 1. The van der Waals surface area contributed by atoms with E-state index in [1.54, 1.807) is 0 Å². The van der Waals surface area contributed by atoms with Gasteiger partial charge in [-0.25, -0.2) is 0 Å². The summed E-state index contributed by atoms with van der Waals surface area (Å²) in [5, 5.41) is 0. The second kappa shape index (κ2) is 6.65. The predicted molar refractivity (Wildman–Crippen MR) is 87.2 cm³/mol. The Morgan fingerprint density at radius 2 is 1.45 bits per heavy atom. The molecule has 0 saturated heterocycles. The number of hydrogen-bond acceptors (Lipinski definition) is 3. The van der Waals surface area contributed by atoms with Crippen LogP contribution in [0, 0.1) is 0 Å². The Bertz CT molecular complexity index is 609. The maximum Gasteiger partial charge on any atom is 0.313 e. The fourth-order valence-electron chi connectivity index (χ4n) is 1.98. The average Bonchev–Trinajstić information content (AvgIpc) is 2.46. The van der Waals surface area contributed by atoms with E-state index < -0.39 is 5.60 Å².